The normalized spacial score (nSPS) is 17.7. The molecule has 45 heavy (non-hydrogen) atoms. The van der Waals surface area contributed by atoms with Crippen LogP contribution in [0.1, 0.15) is 65.7 Å². The summed E-state index contributed by atoms with van der Waals surface area (Å²) in [4.78, 5) is 41.3. The van der Waals surface area contributed by atoms with Crippen molar-refractivity contribution in [2.45, 2.75) is 77.9 Å². The van der Waals surface area contributed by atoms with Crippen LogP contribution in [0.25, 0.3) is 11.1 Å². The van der Waals surface area contributed by atoms with Crippen molar-refractivity contribution in [1.82, 2.24) is 10.2 Å². The van der Waals surface area contributed by atoms with Gasteiger partial charge in [0.25, 0.3) is 0 Å². The summed E-state index contributed by atoms with van der Waals surface area (Å²) in [6.45, 7) is 13.3. The highest BCUT2D eigenvalue weighted by molar-refractivity contribution is 6.62. The molecule has 9 nitrogen and oxygen atoms in total. The monoisotopic (exact) mass is 611 g/mol. The third-order valence-corrected chi connectivity index (χ3v) is 9.06. The van der Waals surface area contributed by atoms with Gasteiger partial charge in [0.15, 0.2) is 6.10 Å². The molecule has 0 saturated carbocycles. The standard InChI is InChI=1S/C35H42BN3O6/c1-21(2)29(39(8)33(42)43-30-27-15-11-9-13-25(27)26-14-10-12-16-28(26)30)32(41)37-22(3)31(40)38-24-19-17-23(18-20-24)36-44-34(4,5)35(6,7)45-36/h9-22,29-30H,1-8H3,(H,37,41)(H,38,40)/t22-,29-/m0/s1. The molecule has 0 bridgehead atoms. The lowest BCUT2D eigenvalue weighted by molar-refractivity contribution is -0.130. The smallest absolute Gasteiger partial charge is 0.436 e. The fraction of sp³-hybridized carbons (Fsp3) is 0.400. The largest absolute Gasteiger partial charge is 0.494 e. The quantitative estimate of drug-likeness (QED) is 0.336. The number of hydrogen-bond donors (Lipinski definition) is 2. The molecular formula is C35H42BN3O6. The lowest BCUT2D eigenvalue weighted by Gasteiger charge is -2.32. The lowest BCUT2D eigenvalue weighted by atomic mass is 9.79. The summed E-state index contributed by atoms with van der Waals surface area (Å²) >= 11 is 0. The van der Waals surface area contributed by atoms with E-state index >= 15 is 0 Å². The summed E-state index contributed by atoms with van der Waals surface area (Å²) in [6.07, 6.45) is -1.20. The highest BCUT2D eigenvalue weighted by Gasteiger charge is 2.51. The molecule has 0 spiro atoms. The third-order valence-electron chi connectivity index (χ3n) is 9.06. The molecule has 0 unspecified atom stereocenters. The van der Waals surface area contributed by atoms with E-state index < -0.39 is 54.4 Å². The number of amides is 3. The molecule has 2 aliphatic rings. The Kier molecular flexibility index (Phi) is 8.84. The van der Waals surface area contributed by atoms with Gasteiger partial charge >= 0.3 is 13.2 Å². The lowest BCUT2D eigenvalue weighted by Crippen LogP contribution is -2.54. The van der Waals surface area contributed by atoms with E-state index in [1.807, 2.05) is 102 Å². The number of nitrogens with zero attached hydrogens (tertiary/aromatic N) is 1. The number of ether oxygens (including phenoxy) is 1. The van der Waals surface area contributed by atoms with Crippen molar-refractivity contribution in [3.8, 4) is 11.1 Å². The van der Waals surface area contributed by atoms with Crippen molar-refractivity contribution >= 4 is 36.2 Å². The van der Waals surface area contributed by atoms with E-state index in [0.29, 0.717) is 5.69 Å². The predicted molar refractivity (Wildman–Crippen MR) is 175 cm³/mol. The SMILES string of the molecule is CC(C)[C@@H](C(=O)N[C@@H](C)C(=O)Nc1ccc(B2OC(C)(C)C(C)(C)O2)cc1)N(C)C(=O)OC1c2ccccc2-c2ccccc21. The predicted octanol–water partition coefficient (Wildman–Crippen LogP) is 5.29. The molecule has 1 aliphatic heterocycles. The van der Waals surface area contributed by atoms with Crippen LogP contribution in [-0.4, -0.2) is 60.3 Å². The average molecular weight is 612 g/mol. The molecule has 236 valence electrons. The molecule has 3 aromatic rings. The molecule has 1 fully saturated rings. The van der Waals surface area contributed by atoms with E-state index in [9.17, 15) is 14.4 Å². The Balaban J connectivity index is 1.20. The van der Waals surface area contributed by atoms with Crippen LogP contribution in [0.15, 0.2) is 72.8 Å². The summed E-state index contributed by atoms with van der Waals surface area (Å²) < 4.78 is 18.2. The number of fused-ring (bicyclic) bond motifs is 3. The van der Waals surface area contributed by atoms with Crippen LogP contribution in [0.2, 0.25) is 0 Å². The van der Waals surface area contributed by atoms with Gasteiger partial charge in [-0.1, -0.05) is 74.5 Å². The van der Waals surface area contributed by atoms with Crippen molar-refractivity contribution in [3.05, 3.63) is 83.9 Å². The average Bonchev–Trinajstić information content (AvgIpc) is 3.41. The number of carbonyl (C=O) groups is 3. The second-order valence-electron chi connectivity index (χ2n) is 13.2. The van der Waals surface area contributed by atoms with Crippen LogP contribution in [0.5, 0.6) is 0 Å². The maximum atomic E-state index is 13.5. The first kappa shape index (κ1) is 32.3. The fourth-order valence-corrected chi connectivity index (χ4v) is 5.78. The van der Waals surface area contributed by atoms with Crippen molar-refractivity contribution in [2.24, 2.45) is 5.92 Å². The van der Waals surface area contributed by atoms with Gasteiger partial charge in [0.2, 0.25) is 11.8 Å². The van der Waals surface area contributed by atoms with Crippen LogP contribution in [0.3, 0.4) is 0 Å². The Morgan fingerprint density at radius 1 is 0.800 bits per heavy atom. The second kappa shape index (κ2) is 12.3. The number of benzene rings is 3. The minimum atomic E-state index is -0.862. The van der Waals surface area contributed by atoms with Crippen LogP contribution < -0.4 is 16.1 Å². The number of rotatable bonds is 8. The van der Waals surface area contributed by atoms with E-state index in [4.69, 9.17) is 14.0 Å². The number of hydrogen-bond acceptors (Lipinski definition) is 6. The van der Waals surface area contributed by atoms with Gasteiger partial charge in [-0.15, -0.1) is 0 Å². The summed E-state index contributed by atoms with van der Waals surface area (Å²) in [6, 6.07) is 21.2. The van der Waals surface area contributed by atoms with Gasteiger partial charge in [-0.2, -0.15) is 0 Å². The molecule has 1 aliphatic carbocycles. The van der Waals surface area contributed by atoms with Crippen molar-refractivity contribution in [2.75, 3.05) is 12.4 Å². The first-order chi connectivity index (χ1) is 21.2. The number of anilines is 1. The zero-order valence-electron chi connectivity index (χ0n) is 27.2. The summed E-state index contributed by atoms with van der Waals surface area (Å²) in [7, 11) is 1.04. The third kappa shape index (κ3) is 6.35. The molecule has 10 heteroatoms. The Bertz CT molecular complexity index is 1530. The molecule has 0 aromatic heterocycles. The molecule has 2 atom stereocenters. The summed E-state index contributed by atoms with van der Waals surface area (Å²) in [5, 5.41) is 5.62. The van der Waals surface area contributed by atoms with Gasteiger partial charge in [-0.25, -0.2) is 4.79 Å². The Hall–Kier alpha value is -4.15. The fourth-order valence-electron chi connectivity index (χ4n) is 5.78. The van der Waals surface area contributed by atoms with E-state index in [1.54, 1.807) is 26.1 Å². The van der Waals surface area contributed by atoms with E-state index in [0.717, 1.165) is 27.7 Å². The van der Waals surface area contributed by atoms with Gasteiger partial charge in [0.1, 0.15) is 12.1 Å². The minimum absolute atomic E-state index is 0.247. The number of likely N-dealkylation sites (N-methyl/N-ethyl adjacent to an activating group) is 1. The highest BCUT2D eigenvalue weighted by Crippen LogP contribution is 2.45. The van der Waals surface area contributed by atoms with Gasteiger partial charge in [-0.05, 0) is 69.3 Å². The van der Waals surface area contributed by atoms with Gasteiger partial charge in [0, 0.05) is 23.9 Å². The first-order valence-electron chi connectivity index (χ1n) is 15.4. The number of nitrogens with one attached hydrogen (secondary N) is 2. The van der Waals surface area contributed by atoms with Crippen molar-refractivity contribution < 1.29 is 28.4 Å². The van der Waals surface area contributed by atoms with Crippen LogP contribution in [-0.2, 0) is 23.6 Å². The summed E-state index contributed by atoms with van der Waals surface area (Å²) in [5.74, 6) is -1.09. The zero-order valence-corrected chi connectivity index (χ0v) is 27.2. The van der Waals surface area contributed by atoms with E-state index in [2.05, 4.69) is 10.6 Å². The maximum Gasteiger partial charge on any atom is 0.494 e. The Morgan fingerprint density at radius 3 is 1.82 bits per heavy atom. The van der Waals surface area contributed by atoms with Crippen LogP contribution in [0, 0.1) is 5.92 Å². The summed E-state index contributed by atoms with van der Waals surface area (Å²) in [5.41, 5.74) is 4.35. The molecule has 1 heterocycles. The molecule has 5 rings (SSSR count). The molecular weight excluding hydrogens is 569 g/mol. The zero-order chi connectivity index (χ0) is 32.7. The van der Waals surface area contributed by atoms with E-state index in [-0.39, 0.29) is 5.92 Å². The highest BCUT2D eigenvalue weighted by atomic mass is 16.7. The second-order valence-corrected chi connectivity index (χ2v) is 13.2. The van der Waals surface area contributed by atoms with Crippen LogP contribution in [0.4, 0.5) is 10.5 Å². The van der Waals surface area contributed by atoms with Gasteiger partial charge in [-0.3, -0.25) is 14.5 Å². The van der Waals surface area contributed by atoms with E-state index in [1.165, 1.54) is 4.90 Å². The maximum absolute atomic E-state index is 13.5. The molecule has 0 radical (unpaired) electrons. The van der Waals surface area contributed by atoms with Crippen LogP contribution >= 0.6 is 0 Å². The Morgan fingerprint density at radius 2 is 1.31 bits per heavy atom. The van der Waals surface area contributed by atoms with Crippen molar-refractivity contribution in [1.29, 1.82) is 0 Å². The van der Waals surface area contributed by atoms with Crippen molar-refractivity contribution in [3.63, 3.8) is 0 Å². The number of carbonyl (C=O) groups excluding carboxylic acids is 3. The molecule has 3 amide bonds. The Labute approximate surface area is 265 Å². The molecule has 3 aromatic carbocycles. The molecule has 2 N–H and O–H groups in total. The van der Waals surface area contributed by atoms with Gasteiger partial charge < -0.3 is 24.7 Å². The topological polar surface area (TPSA) is 106 Å². The minimum Gasteiger partial charge on any atom is -0.436 e. The first-order valence-corrected chi connectivity index (χ1v) is 15.4. The van der Waals surface area contributed by atoms with Gasteiger partial charge in [0.05, 0.1) is 11.2 Å². The molecule has 1 saturated heterocycles.